The van der Waals surface area contributed by atoms with Crippen molar-refractivity contribution in [3.63, 3.8) is 0 Å². The number of nitrogens with one attached hydrogen (secondary N) is 3. The standard InChI is InChI=1S/C8H8N6.C6H8O.C4H6N4O2.CH3.K.Na.H/c1-3-2-5-6(4(1)3)9-10-7(5)8-11-13-14-12-8;7-6-2-1-4-3-5(4)6;1-2-10-4(9)3-5-7-8-6-3;;;;/h3-4H,1-2H2,(H,9,10)(H,11,12,13,14);4-5H,1-3H2;2H2,1H3,(H,5,6,7,8);1H3;;;/q;;;-1;2*+1;-1/t3-,4-;4-,5+;;;;;/m10...../s1. The predicted molar refractivity (Wildman–Crippen MR) is 110 cm³/mol. The fourth-order valence-corrected chi connectivity index (χ4v) is 4.35. The summed E-state index contributed by atoms with van der Waals surface area (Å²) in [6.07, 6.45) is 5.75. The Kier molecular flexibility index (Phi) is 11.1. The first-order valence-corrected chi connectivity index (χ1v) is 10.4. The molecule has 13 nitrogen and oxygen atoms in total. The number of carbonyl (C=O) groups is 2. The van der Waals surface area contributed by atoms with Crippen molar-refractivity contribution in [2.75, 3.05) is 6.61 Å². The largest absolute Gasteiger partial charge is 1.00 e. The Bertz CT molecular complexity index is 1080. The molecule has 0 amide bonds. The van der Waals surface area contributed by atoms with Gasteiger partial charge >= 0.3 is 86.9 Å². The third-order valence-corrected chi connectivity index (χ3v) is 6.12. The number of rotatable bonds is 3. The van der Waals surface area contributed by atoms with Crippen LogP contribution in [0.5, 0.6) is 0 Å². The van der Waals surface area contributed by atoms with E-state index in [-0.39, 0.29) is 95.6 Å². The van der Waals surface area contributed by atoms with E-state index in [2.05, 4.69) is 56.2 Å². The van der Waals surface area contributed by atoms with E-state index >= 15 is 0 Å². The monoisotopic (exact) mass is 504 g/mol. The van der Waals surface area contributed by atoms with Gasteiger partial charge in [-0.15, -0.1) is 20.4 Å². The van der Waals surface area contributed by atoms with Crippen LogP contribution in [-0.4, -0.2) is 69.8 Å². The molecule has 0 aromatic carbocycles. The van der Waals surface area contributed by atoms with E-state index < -0.39 is 5.97 Å². The van der Waals surface area contributed by atoms with Gasteiger partial charge < -0.3 is 13.6 Å². The van der Waals surface area contributed by atoms with Gasteiger partial charge in [0.2, 0.25) is 5.82 Å². The molecule has 3 heterocycles. The normalized spacial score (nSPS) is 23.6. The van der Waals surface area contributed by atoms with Crippen LogP contribution in [0.1, 0.15) is 61.8 Å². The van der Waals surface area contributed by atoms with Gasteiger partial charge in [-0.25, -0.2) is 4.79 Å². The Morgan fingerprint density at radius 3 is 2.35 bits per heavy atom. The van der Waals surface area contributed by atoms with Crippen LogP contribution in [0.15, 0.2) is 0 Å². The summed E-state index contributed by atoms with van der Waals surface area (Å²) in [5.41, 5.74) is 3.48. The number of H-pyrrole nitrogens is 3. The van der Waals surface area contributed by atoms with Gasteiger partial charge in [0.1, 0.15) is 11.5 Å². The number of aromatic amines is 3. The third kappa shape index (κ3) is 6.46. The van der Waals surface area contributed by atoms with Crippen molar-refractivity contribution in [2.24, 2.45) is 17.8 Å². The number of nitrogens with zero attached hydrogens (tertiary/aromatic N) is 7. The van der Waals surface area contributed by atoms with Crippen LogP contribution in [0.25, 0.3) is 11.5 Å². The van der Waals surface area contributed by atoms with Gasteiger partial charge in [0.25, 0.3) is 5.82 Å². The second kappa shape index (κ2) is 12.9. The molecule has 7 rings (SSSR count). The summed E-state index contributed by atoms with van der Waals surface area (Å²) in [6, 6.07) is 0. The molecule has 0 saturated heterocycles. The Labute approximate surface area is 262 Å². The molecule has 4 atom stereocenters. The van der Waals surface area contributed by atoms with Gasteiger partial charge in [-0.3, -0.25) is 9.89 Å². The Balaban J connectivity index is 0.000000262. The van der Waals surface area contributed by atoms with E-state index in [4.69, 9.17) is 0 Å². The first-order chi connectivity index (χ1) is 15.2. The molecule has 3 aromatic heterocycles. The van der Waals surface area contributed by atoms with Gasteiger partial charge in [0.15, 0.2) is 0 Å². The number of ether oxygens (including phenoxy) is 1. The molecule has 3 fully saturated rings. The second-order valence-electron chi connectivity index (χ2n) is 8.07. The summed E-state index contributed by atoms with van der Waals surface area (Å²) in [4.78, 5) is 21.3. The molecular formula is C19H26KN10NaO3. The van der Waals surface area contributed by atoms with Crippen molar-refractivity contribution in [3.8, 4) is 11.5 Å². The summed E-state index contributed by atoms with van der Waals surface area (Å²) in [5.74, 6) is 3.50. The van der Waals surface area contributed by atoms with Crippen LogP contribution in [0.4, 0.5) is 0 Å². The number of aromatic nitrogens is 10. The average Bonchev–Trinajstić information content (AvgIpc) is 3.31. The number of carbonyl (C=O) groups excluding carboxylic acids is 2. The summed E-state index contributed by atoms with van der Waals surface area (Å²) in [6.45, 7) is 2.02. The molecule has 3 saturated carbocycles. The van der Waals surface area contributed by atoms with Crippen LogP contribution in [0.3, 0.4) is 0 Å². The zero-order chi connectivity index (χ0) is 21.4. The topological polar surface area (TPSA) is 181 Å². The number of Topliss-reactive ketones (excluding diaryl/α,β-unsaturated/α-hetero) is 1. The smallest absolute Gasteiger partial charge is 1.00 e. The number of esters is 1. The van der Waals surface area contributed by atoms with Gasteiger partial charge in [-0.1, -0.05) is 0 Å². The van der Waals surface area contributed by atoms with Crippen molar-refractivity contribution in [1.82, 2.24) is 51.4 Å². The maximum absolute atomic E-state index is 10.7. The van der Waals surface area contributed by atoms with Gasteiger partial charge in [-0.2, -0.15) is 15.5 Å². The molecule has 0 aliphatic heterocycles. The van der Waals surface area contributed by atoms with E-state index in [1.165, 1.54) is 30.5 Å². The molecule has 0 unspecified atom stereocenters. The molecule has 4 aliphatic rings. The zero-order valence-corrected chi connectivity index (χ0v) is 25.0. The van der Waals surface area contributed by atoms with Crippen LogP contribution >= 0.6 is 0 Å². The first kappa shape index (κ1) is 29.4. The van der Waals surface area contributed by atoms with Crippen LogP contribution in [0, 0.1) is 25.2 Å². The van der Waals surface area contributed by atoms with E-state index in [9.17, 15) is 9.59 Å². The maximum Gasteiger partial charge on any atom is 1.00 e. The molecule has 15 heteroatoms. The molecule has 34 heavy (non-hydrogen) atoms. The first-order valence-electron chi connectivity index (χ1n) is 10.4. The fourth-order valence-electron chi connectivity index (χ4n) is 4.35. The summed E-state index contributed by atoms with van der Waals surface area (Å²) < 4.78 is 4.56. The molecule has 3 N–H and O–H groups in total. The Morgan fingerprint density at radius 1 is 1.09 bits per heavy atom. The summed E-state index contributed by atoms with van der Waals surface area (Å²) in [7, 11) is 0. The number of hydrogen-bond donors (Lipinski definition) is 3. The van der Waals surface area contributed by atoms with Crippen molar-refractivity contribution in [3.05, 3.63) is 24.5 Å². The molecule has 0 bridgehead atoms. The fraction of sp³-hybridized carbons (Fsp3) is 0.579. The van der Waals surface area contributed by atoms with E-state index in [0.717, 1.165) is 36.3 Å². The van der Waals surface area contributed by atoms with Crippen molar-refractivity contribution in [1.29, 1.82) is 0 Å². The molecule has 172 valence electrons. The van der Waals surface area contributed by atoms with Gasteiger partial charge in [0.05, 0.1) is 6.61 Å². The molecule has 0 radical (unpaired) electrons. The minimum atomic E-state index is -0.559. The summed E-state index contributed by atoms with van der Waals surface area (Å²) in [5, 5.41) is 33.4. The number of tetrazole rings is 2. The third-order valence-electron chi connectivity index (χ3n) is 6.12. The number of hydrogen-bond acceptors (Lipinski definition) is 10. The van der Waals surface area contributed by atoms with E-state index in [0.29, 0.717) is 24.1 Å². The van der Waals surface area contributed by atoms with Crippen LogP contribution in [-0.2, 0) is 16.0 Å². The van der Waals surface area contributed by atoms with Crippen molar-refractivity contribution in [2.45, 2.75) is 44.9 Å². The predicted octanol–water partition coefficient (Wildman–Crippen LogP) is -4.82. The van der Waals surface area contributed by atoms with Gasteiger partial charge in [-0.05, 0) is 54.9 Å². The molecule has 3 aromatic rings. The Hall–Kier alpha value is -0.874. The minimum Gasteiger partial charge on any atom is -1.00 e. The average molecular weight is 505 g/mol. The minimum absolute atomic E-state index is 0. The van der Waals surface area contributed by atoms with Gasteiger partial charge in [0, 0.05) is 29.5 Å². The van der Waals surface area contributed by atoms with Crippen LogP contribution in [0.2, 0.25) is 0 Å². The molecule has 4 aliphatic carbocycles. The molecular weight excluding hydrogens is 478 g/mol. The van der Waals surface area contributed by atoms with E-state index in [1.54, 1.807) is 6.92 Å². The zero-order valence-electron chi connectivity index (χ0n) is 20.9. The maximum atomic E-state index is 10.7. The molecule has 0 spiro atoms. The number of fused-ring (bicyclic) bond motifs is 4. The van der Waals surface area contributed by atoms with Crippen molar-refractivity contribution >= 4 is 11.8 Å². The Morgan fingerprint density at radius 2 is 1.82 bits per heavy atom. The van der Waals surface area contributed by atoms with E-state index in [1.807, 2.05) is 0 Å². The second-order valence-corrected chi connectivity index (χ2v) is 8.07. The quantitative estimate of drug-likeness (QED) is 0.178. The SMILES string of the molecule is C1c2c(-c3nn[nH]n3)n[nH]c2[C@@H]2C[C@H]12.CCOC(=O)c1nn[nH]n1.O=C1CC[C@H]2C[C@@H]12.[CH3-].[H-].[K+].[Na+]. The van der Waals surface area contributed by atoms with Crippen molar-refractivity contribution < 1.29 is 96.7 Å². The number of ketones is 1. The van der Waals surface area contributed by atoms with Crippen LogP contribution < -0.4 is 80.9 Å². The summed E-state index contributed by atoms with van der Waals surface area (Å²) >= 11 is 0.